The normalized spacial score (nSPS) is 10.9. The van der Waals surface area contributed by atoms with E-state index in [4.69, 9.17) is 14.9 Å². The Balaban J connectivity index is 1.30. The Morgan fingerprint density at radius 2 is 1.59 bits per heavy atom. The van der Waals surface area contributed by atoms with Crippen molar-refractivity contribution in [3.8, 4) is 5.75 Å². The Hall–Kier alpha value is -5.02. The van der Waals surface area contributed by atoms with Gasteiger partial charge in [-0.25, -0.2) is 9.59 Å². The van der Waals surface area contributed by atoms with Crippen molar-refractivity contribution >= 4 is 56.1 Å². The van der Waals surface area contributed by atoms with E-state index in [0.717, 1.165) is 28.2 Å². The molecule has 0 saturated carbocycles. The number of aliphatic carboxylic acids is 2. The fourth-order valence-corrected chi connectivity index (χ4v) is 5.25. The first-order valence-electron chi connectivity index (χ1n) is 11.9. The van der Waals surface area contributed by atoms with Crippen LogP contribution < -0.4 is 9.61 Å². The zero-order valence-electron chi connectivity index (χ0n) is 20.4. The first kappa shape index (κ1) is 25.6. The highest BCUT2D eigenvalue weighted by Gasteiger charge is 2.17. The second kappa shape index (κ2) is 10.8. The number of rotatable bonds is 9. The zero-order valence-corrected chi connectivity index (χ0v) is 21.2. The lowest BCUT2D eigenvalue weighted by Gasteiger charge is -2.09. The standard InChI is InChI=1S/C30H21NO7S/c32-27(23-7-3-5-19-4-1-2-6-22(19)23)20-10-13-25-26(17-20)39-30(37)31(25)14-15-38-21-11-8-18(9-12-21)16-24(28(33)34)29(35)36/h1-13,16-17H,14-15H2,(H,33,34)(H,35,36). The molecule has 1 heterocycles. The Labute approximate surface area is 225 Å². The molecule has 0 amide bonds. The van der Waals surface area contributed by atoms with Gasteiger partial charge in [-0.15, -0.1) is 0 Å². The van der Waals surface area contributed by atoms with Crippen LogP contribution in [0.1, 0.15) is 21.5 Å². The van der Waals surface area contributed by atoms with Crippen LogP contribution >= 0.6 is 11.3 Å². The van der Waals surface area contributed by atoms with Crippen LogP contribution in [0.2, 0.25) is 0 Å². The van der Waals surface area contributed by atoms with Crippen LogP contribution in [-0.4, -0.2) is 39.1 Å². The summed E-state index contributed by atoms with van der Waals surface area (Å²) in [7, 11) is 0. The lowest BCUT2D eigenvalue weighted by atomic mass is 9.97. The van der Waals surface area contributed by atoms with Gasteiger partial charge in [0.15, 0.2) is 5.78 Å². The number of ketones is 1. The first-order chi connectivity index (χ1) is 18.8. The minimum Gasteiger partial charge on any atom is -0.492 e. The van der Waals surface area contributed by atoms with Crippen LogP contribution in [0.4, 0.5) is 0 Å². The number of thiazole rings is 1. The van der Waals surface area contributed by atoms with E-state index < -0.39 is 17.5 Å². The number of ether oxygens (including phenoxy) is 1. The maximum atomic E-state index is 13.3. The molecule has 0 saturated heterocycles. The van der Waals surface area contributed by atoms with E-state index >= 15 is 0 Å². The first-order valence-corrected chi connectivity index (χ1v) is 12.7. The molecule has 0 radical (unpaired) electrons. The average molecular weight is 540 g/mol. The Morgan fingerprint density at radius 1 is 0.872 bits per heavy atom. The molecule has 0 unspecified atom stereocenters. The SMILES string of the molecule is O=C(O)C(=Cc1ccc(OCCn2c(=O)sc3cc(C(=O)c4cccc5ccccc45)ccc32)cc1)C(=O)O. The number of fused-ring (bicyclic) bond motifs is 2. The summed E-state index contributed by atoms with van der Waals surface area (Å²) in [6.07, 6.45) is 1.06. The largest absolute Gasteiger partial charge is 0.492 e. The highest BCUT2D eigenvalue weighted by Crippen LogP contribution is 2.25. The predicted molar refractivity (Wildman–Crippen MR) is 149 cm³/mol. The molecule has 5 rings (SSSR count). The molecule has 1 aromatic heterocycles. The molecule has 5 aromatic rings. The van der Waals surface area contributed by atoms with Crippen LogP contribution in [0.25, 0.3) is 27.1 Å². The summed E-state index contributed by atoms with van der Waals surface area (Å²) < 4.78 is 8.03. The smallest absolute Gasteiger partial charge is 0.343 e. The van der Waals surface area contributed by atoms with E-state index in [-0.39, 0.29) is 23.8 Å². The molecule has 8 nitrogen and oxygen atoms in total. The molecular formula is C30H21NO7S. The number of carbonyl (C=O) groups excluding carboxylic acids is 1. The molecule has 0 aliphatic carbocycles. The van der Waals surface area contributed by atoms with Crippen molar-refractivity contribution in [3.05, 3.63) is 117 Å². The zero-order chi connectivity index (χ0) is 27.5. The second-order valence-electron chi connectivity index (χ2n) is 8.64. The average Bonchev–Trinajstić information content (AvgIpc) is 3.25. The van der Waals surface area contributed by atoms with Gasteiger partial charge < -0.3 is 14.9 Å². The highest BCUT2D eigenvalue weighted by molar-refractivity contribution is 7.16. The van der Waals surface area contributed by atoms with E-state index in [9.17, 15) is 19.2 Å². The fourth-order valence-electron chi connectivity index (χ4n) is 4.29. The molecule has 0 fully saturated rings. The van der Waals surface area contributed by atoms with Gasteiger partial charge >= 0.3 is 16.8 Å². The van der Waals surface area contributed by atoms with Gasteiger partial charge in [-0.2, -0.15) is 0 Å². The molecule has 0 bridgehead atoms. The molecule has 2 N–H and O–H groups in total. The van der Waals surface area contributed by atoms with Gasteiger partial charge in [-0.3, -0.25) is 14.2 Å². The van der Waals surface area contributed by atoms with Gasteiger partial charge in [-0.1, -0.05) is 65.9 Å². The van der Waals surface area contributed by atoms with E-state index in [1.54, 1.807) is 53.1 Å². The van der Waals surface area contributed by atoms with Crippen LogP contribution in [0, 0.1) is 0 Å². The molecule has 0 aliphatic heterocycles. The minimum atomic E-state index is -1.53. The van der Waals surface area contributed by atoms with Crippen LogP contribution in [-0.2, 0) is 16.1 Å². The topological polar surface area (TPSA) is 123 Å². The van der Waals surface area contributed by atoms with Gasteiger partial charge in [0.25, 0.3) is 0 Å². The van der Waals surface area contributed by atoms with Crippen molar-refractivity contribution in [2.45, 2.75) is 6.54 Å². The predicted octanol–water partition coefficient (Wildman–Crippen LogP) is 5.08. The number of aromatic nitrogens is 1. The quantitative estimate of drug-likeness (QED) is 0.116. The van der Waals surface area contributed by atoms with Crippen molar-refractivity contribution in [3.63, 3.8) is 0 Å². The maximum absolute atomic E-state index is 13.3. The molecule has 0 atom stereocenters. The Bertz CT molecular complexity index is 1810. The number of carbonyl (C=O) groups is 3. The highest BCUT2D eigenvalue weighted by atomic mass is 32.1. The van der Waals surface area contributed by atoms with Crippen molar-refractivity contribution in [1.29, 1.82) is 0 Å². The van der Waals surface area contributed by atoms with Crippen LogP contribution in [0.15, 0.2) is 95.3 Å². The summed E-state index contributed by atoms with van der Waals surface area (Å²) >= 11 is 1.06. The van der Waals surface area contributed by atoms with Crippen LogP contribution in [0.5, 0.6) is 5.75 Å². The third-order valence-corrected chi connectivity index (χ3v) is 7.14. The lowest BCUT2D eigenvalue weighted by Crippen LogP contribution is -2.17. The molecule has 194 valence electrons. The number of carboxylic acids is 2. The minimum absolute atomic E-state index is 0.110. The third-order valence-electron chi connectivity index (χ3n) is 6.20. The maximum Gasteiger partial charge on any atom is 0.343 e. The summed E-state index contributed by atoms with van der Waals surface area (Å²) in [6.45, 7) is 0.465. The molecule has 9 heteroatoms. The number of hydrogen-bond acceptors (Lipinski definition) is 6. The van der Waals surface area contributed by atoms with E-state index in [0.29, 0.717) is 32.7 Å². The number of hydrogen-bond donors (Lipinski definition) is 2. The van der Waals surface area contributed by atoms with Gasteiger partial charge in [0, 0.05) is 11.1 Å². The molecule has 4 aromatic carbocycles. The van der Waals surface area contributed by atoms with Crippen molar-refractivity contribution < 1.29 is 29.3 Å². The summed E-state index contributed by atoms with van der Waals surface area (Å²) in [5.41, 5.74) is 1.48. The van der Waals surface area contributed by atoms with Gasteiger partial charge in [0.1, 0.15) is 17.9 Å². The summed E-state index contributed by atoms with van der Waals surface area (Å²) in [5, 5.41) is 19.8. The van der Waals surface area contributed by atoms with E-state index in [2.05, 4.69) is 0 Å². The molecular weight excluding hydrogens is 518 g/mol. The summed E-state index contributed by atoms with van der Waals surface area (Å²) in [4.78, 5) is 47.9. The summed E-state index contributed by atoms with van der Waals surface area (Å²) in [5.74, 6) is -2.68. The Kier molecular flexibility index (Phi) is 7.07. The Morgan fingerprint density at radius 3 is 2.33 bits per heavy atom. The monoisotopic (exact) mass is 539 g/mol. The van der Waals surface area contributed by atoms with Crippen LogP contribution in [0.3, 0.4) is 0 Å². The van der Waals surface area contributed by atoms with Gasteiger partial charge in [-0.05, 0) is 52.7 Å². The number of nitrogens with zero attached hydrogens (tertiary/aromatic N) is 1. The van der Waals surface area contributed by atoms with Gasteiger partial charge in [0.2, 0.25) is 0 Å². The number of benzene rings is 4. The van der Waals surface area contributed by atoms with Gasteiger partial charge in [0.05, 0.1) is 16.8 Å². The molecule has 0 spiro atoms. The van der Waals surface area contributed by atoms with Crippen molar-refractivity contribution in [2.75, 3.05) is 6.61 Å². The third kappa shape index (κ3) is 5.34. The van der Waals surface area contributed by atoms with Crippen molar-refractivity contribution in [2.24, 2.45) is 0 Å². The second-order valence-corrected chi connectivity index (χ2v) is 9.64. The lowest BCUT2D eigenvalue weighted by molar-refractivity contribution is -0.140. The molecule has 39 heavy (non-hydrogen) atoms. The summed E-state index contributed by atoms with van der Waals surface area (Å²) in [6, 6.07) is 24.8. The fraction of sp³-hybridized carbons (Fsp3) is 0.0667. The van der Waals surface area contributed by atoms with E-state index in [1.807, 2.05) is 36.4 Å². The molecule has 0 aliphatic rings. The number of carboxylic acid groups (broad SMARTS) is 2. The van der Waals surface area contributed by atoms with E-state index in [1.165, 1.54) is 0 Å². The van der Waals surface area contributed by atoms with Crippen molar-refractivity contribution in [1.82, 2.24) is 4.57 Å².